The van der Waals surface area contributed by atoms with Gasteiger partial charge in [0.1, 0.15) is 12.2 Å². The number of carboxylic acids is 1. The second-order valence-corrected chi connectivity index (χ2v) is 6.35. The largest absolute Gasteiger partial charge is 0.490 e. The lowest BCUT2D eigenvalue weighted by Gasteiger charge is -2.38. The van der Waals surface area contributed by atoms with E-state index in [0.717, 1.165) is 25.3 Å². The zero-order valence-corrected chi connectivity index (χ0v) is 15.2. The van der Waals surface area contributed by atoms with E-state index in [4.69, 9.17) is 19.4 Å². The van der Waals surface area contributed by atoms with Crippen molar-refractivity contribution < 1.29 is 32.5 Å². The van der Waals surface area contributed by atoms with Crippen molar-refractivity contribution in [3.63, 3.8) is 0 Å². The molecule has 3 atom stereocenters. The van der Waals surface area contributed by atoms with E-state index in [1.807, 2.05) is 24.3 Å². The Balaban J connectivity index is 0.000000298. The van der Waals surface area contributed by atoms with Crippen LogP contribution in [0.2, 0.25) is 0 Å². The van der Waals surface area contributed by atoms with Crippen LogP contribution in [0.5, 0.6) is 5.88 Å². The van der Waals surface area contributed by atoms with Gasteiger partial charge in [0.05, 0.1) is 12.6 Å². The van der Waals surface area contributed by atoms with Crippen LogP contribution in [0.1, 0.15) is 12.8 Å². The minimum atomic E-state index is -5.08. The molecule has 0 amide bonds. The summed E-state index contributed by atoms with van der Waals surface area (Å²) < 4.78 is 43.7. The van der Waals surface area contributed by atoms with Gasteiger partial charge in [-0.25, -0.2) is 19.7 Å². The number of fused-ring (bicyclic) bond motifs is 1. The molecule has 8 nitrogen and oxygen atoms in total. The molecule has 1 aliphatic carbocycles. The zero-order chi connectivity index (χ0) is 20.9. The number of pyridine rings is 1. The molecule has 0 bridgehead atoms. The van der Waals surface area contributed by atoms with Crippen molar-refractivity contribution in [1.29, 1.82) is 0 Å². The van der Waals surface area contributed by atoms with Crippen molar-refractivity contribution in [2.75, 3.05) is 18.1 Å². The van der Waals surface area contributed by atoms with Crippen LogP contribution >= 0.6 is 0 Å². The van der Waals surface area contributed by atoms with Gasteiger partial charge in [0.2, 0.25) is 11.8 Å². The summed E-state index contributed by atoms with van der Waals surface area (Å²) in [6.07, 6.45) is 2.27. The third-order valence-electron chi connectivity index (χ3n) is 4.50. The number of anilines is 1. The first-order valence-electron chi connectivity index (χ1n) is 8.89. The van der Waals surface area contributed by atoms with Gasteiger partial charge in [0.25, 0.3) is 0 Å². The number of carbonyl (C=O) groups is 1. The number of nitrogens with zero attached hydrogens (tertiary/aromatic N) is 4. The number of morpholine rings is 1. The van der Waals surface area contributed by atoms with Crippen LogP contribution in [-0.2, 0) is 9.53 Å². The van der Waals surface area contributed by atoms with E-state index >= 15 is 0 Å². The molecule has 1 saturated carbocycles. The van der Waals surface area contributed by atoms with Crippen LogP contribution in [-0.4, -0.2) is 63.6 Å². The van der Waals surface area contributed by atoms with E-state index in [0.29, 0.717) is 12.5 Å². The molecule has 1 saturated heterocycles. The lowest BCUT2D eigenvalue weighted by atomic mass is 10.1. The molecule has 0 aromatic carbocycles. The monoisotopic (exact) mass is 412 g/mol. The lowest BCUT2D eigenvalue weighted by Crippen LogP contribution is -2.53. The maximum atomic E-state index is 10.6. The summed E-state index contributed by atoms with van der Waals surface area (Å²) in [5.74, 6) is -1.32. The van der Waals surface area contributed by atoms with Gasteiger partial charge >= 0.3 is 12.1 Å². The first-order chi connectivity index (χ1) is 13.9. The van der Waals surface area contributed by atoms with Crippen molar-refractivity contribution in [2.24, 2.45) is 0 Å². The fraction of sp³-hybridized carbons (Fsp3) is 0.444. The van der Waals surface area contributed by atoms with Gasteiger partial charge in [-0.05, 0) is 25.0 Å². The van der Waals surface area contributed by atoms with E-state index in [1.54, 1.807) is 18.6 Å². The first-order valence-corrected chi connectivity index (χ1v) is 8.89. The predicted molar refractivity (Wildman–Crippen MR) is 94.5 cm³/mol. The SMILES string of the molecule is O=C(O)C(F)(F)F.c1ccc(O[C@@H]2CC[C@H]3[C@H]2OCCN3c2ncccn2)nc1. The fourth-order valence-corrected chi connectivity index (χ4v) is 3.30. The average Bonchev–Trinajstić information content (AvgIpc) is 3.12. The number of carboxylic acid groups (broad SMARTS) is 1. The van der Waals surface area contributed by atoms with E-state index in [2.05, 4.69) is 19.9 Å². The number of rotatable bonds is 3. The molecule has 2 aliphatic rings. The number of aliphatic carboxylic acids is 1. The Morgan fingerprint density at radius 3 is 2.45 bits per heavy atom. The maximum Gasteiger partial charge on any atom is 0.490 e. The van der Waals surface area contributed by atoms with Crippen LogP contribution in [0.15, 0.2) is 42.9 Å². The van der Waals surface area contributed by atoms with Gasteiger partial charge in [-0.1, -0.05) is 6.07 Å². The summed E-state index contributed by atoms with van der Waals surface area (Å²) in [4.78, 5) is 24.1. The molecule has 0 radical (unpaired) electrons. The van der Waals surface area contributed by atoms with Crippen LogP contribution in [0.3, 0.4) is 0 Å². The van der Waals surface area contributed by atoms with Gasteiger partial charge < -0.3 is 19.5 Å². The number of hydrogen-bond donors (Lipinski definition) is 1. The summed E-state index contributed by atoms with van der Waals surface area (Å²) in [6, 6.07) is 7.80. The minimum absolute atomic E-state index is 0.0337. The van der Waals surface area contributed by atoms with Crippen molar-refractivity contribution in [3.8, 4) is 5.88 Å². The molecule has 11 heteroatoms. The molecule has 156 valence electrons. The topological polar surface area (TPSA) is 97.7 Å². The number of hydrogen-bond acceptors (Lipinski definition) is 7. The Hall–Kier alpha value is -2.95. The van der Waals surface area contributed by atoms with E-state index in [1.165, 1.54) is 0 Å². The Bertz CT molecular complexity index is 795. The quantitative estimate of drug-likeness (QED) is 0.820. The molecule has 0 spiro atoms. The third-order valence-corrected chi connectivity index (χ3v) is 4.50. The molecule has 2 fully saturated rings. The zero-order valence-electron chi connectivity index (χ0n) is 15.2. The molecule has 4 rings (SSSR count). The summed E-state index contributed by atoms with van der Waals surface area (Å²) in [7, 11) is 0. The lowest BCUT2D eigenvalue weighted by molar-refractivity contribution is -0.192. The summed E-state index contributed by atoms with van der Waals surface area (Å²) in [6.45, 7) is 1.49. The predicted octanol–water partition coefficient (Wildman–Crippen LogP) is 2.32. The molecular weight excluding hydrogens is 393 g/mol. The van der Waals surface area contributed by atoms with Crippen LogP contribution in [0.25, 0.3) is 0 Å². The van der Waals surface area contributed by atoms with E-state index in [-0.39, 0.29) is 18.2 Å². The molecule has 29 heavy (non-hydrogen) atoms. The second kappa shape index (κ2) is 9.03. The van der Waals surface area contributed by atoms with Gasteiger partial charge in [-0.2, -0.15) is 13.2 Å². The van der Waals surface area contributed by atoms with Crippen molar-refractivity contribution >= 4 is 11.9 Å². The fourth-order valence-electron chi connectivity index (χ4n) is 3.30. The molecule has 3 heterocycles. The standard InChI is InChI=1S/C16H18N4O2.C2HF3O2/c1-2-7-17-14(4-1)22-13-6-5-12-15(13)21-11-10-20(12)16-18-8-3-9-19-16;3-2(4,5)1(6)7/h1-4,7-9,12-13,15H,5-6,10-11H2;(H,6,7)/t12-,13+,15+;/m0./s1. The number of alkyl halides is 3. The second-order valence-electron chi connectivity index (χ2n) is 6.35. The Labute approximate surface area is 164 Å². The van der Waals surface area contributed by atoms with Crippen LogP contribution in [0, 0.1) is 0 Å². The highest BCUT2D eigenvalue weighted by Gasteiger charge is 2.45. The Morgan fingerprint density at radius 1 is 1.14 bits per heavy atom. The first kappa shape index (κ1) is 20.8. The minimum Gasteiger partial charge on any atom is -0.475 e. The van der Waals surface area contributed by atoms with E-state index < -0.39 is 12.1 Å². The van der Waals surface area contributed by atoms with Gasteiger partial charge in [-0.3, -0.25) is 0 Å². The highest BCUT2D eigenvalue weighted by atomic mass is 19.4. The number of halogens is 3. The molecule has 2 aromatic heterocycles. The smallest absolute Gasteiger partial charge is 0.475 e. The normalized spacial score (nSPS) is 23.6. The highest BCUT2D eigenvalue weighted by Crippen LogP contribution is 2.33. The van der Waals surface area contributed by atoms with Crippen molar-refractivity contribution in [1.82, 2.24) is 15.0 Å². The molecular formula is C18H19F3N4O4. The molecule has 1 aliphatic heterocycles. The Kier molecular flexibility index (Phi) is 6.47. The summed E-state index contributed by atoms with van der Waals surface area (Å²) in [5.41, 5.74) is 0. The Morgan fingerprint density at radius 2 is 1.83 bits per heavy atom. The summed E-state index contributed by atoms with van der Waals surface area (Å²) >= 11 is 0. The third kappa shape index (κ3) is 5.31. The van der Waals surface area contributed by atoms with Gasteiger partial charge in [0, 0.05) is 31.2 Å². The highest BCUT2D eigenvalue weighted by molar-refractivity contribution is 5.73. The average molecular weight is 412 g/mol. The molecule has 2 aromatic rings. The molecule has 1 N–H and O–H groups in total. The molecule has 0 unspecified atom stereocenters. The van der Waals surface area contributed by atoms with Crippen LogP contribution < -0.4 is 9.64 Å². The van der Waals surface area contributed by atoms with Gasteiger partial charge in [-0.15, -0.1) is 0 Å². The van der Waals surface area contributed by atoms with Gasteiger partial charge in [0.15, 0.2) is 0 Å². The van der Waals surface area contributed by atoms with Crippen molar-refractivity contribution in [3.05, 3.63) is 42.9 Å². The van der Waals surface area contributed by atoms with E-state index in [9.17, 15) is 13.2 Å². The maximum absolute atomic E-state index is 10.6. The van der Waals surface area contributed by atoms with Crippen molar-refractivity contribution in [2.45, 2.75) is 37.3 Å². The number of ether oxygens (including phenoxy) is 2. The number of aromatic nitrogens is 3. The van der Waals surface area contributed by atoms with Crippen LogP contribution in [0.4, 0.5) is 19.1 Å². The summed E-state index contributed by atoms with van der Waals surface area (Å²) in [5, 5.41) is 7.12.